The highest BCUT2D eigenvalue weighted by Crippen LogP contribution is 2.34. The molecule has 0 aliphatic carbocycles. The minimum Gasteiger partial charge on any atom is -0.497 e. The van der Waals surface area contributed by atoms with Gasteiger partial charge in [0.05, 0.1) is 12.7 Å². The molecule has 2 heterocycles. The van der Waals surface area contributed by atoms with Crippen molar-refractivity contribution in [3.8, 4) is 5.75 Å². The molecular formula is C26H31N3O3. The Kier molecular flexibility index (Phi) is 6.21. The second-order valence-corrected chi connectivity index (χ2v) is 8.41. The molecule has 4 rings (SSSR count). The quantitative estimate of drug-likeness (QED) is 0.652. The number of rotatable bonds is 6. The Morgan fingerprint density at radius 3 is 2.16 bits per heavy atom. The average Bonchev–Trinajstić information content (AvgIpc) is 3.06. The fourth-order valence-electron chi connectivity index (χ4n) is 4.55. The van der Waals surface area contributed by atoms with Gasteiger partial charge in [0.25, 0.3) is 11.8 Å². The first kappa shape index (κ1) is 21.9. The Balaban J connectivity index is 1.64. The third kappa shape index (κ3) is 3.85. The molecule has 2 aromatic carbocycles. The lowest BCUT2D eigenvalue weighted by atomic mass is 10.0. The molecular weight excluding hydrogens is 402 g/mol. The zero-order chi connectivity index (χ0) is 22.8. The molecule has 0 radical (unpaired) electrons. The third-order valence-electron chi connectivity index (χ3n) is 6.48. The van der Waals surface area contributed by atoms with Crippen molar-refractivity contribution in [2.75, 3.05) is 44.7 Å². The Hall–Kier alpha value is -3.28. The van der Waals surface area contributed by atoms with Gasteiger partial charge in [0.1, 0.15) is 11.4 Å². The van der Waals surface area contributed by atoms with Crippen molar-refractivity contribution in [1.29, 1.82) is 0 Å². The largest absolute Gasteiger partial charge is 0.497 e. The summed E-state index contributed by atoms with van der Waals surface area (Å²) in [7, 11) is 1.61. The van der Waals surface area contributed by atoms with Crippen LogP contribution in [0.25, 0.3) is 5.57 Å². The topological polar surface area (TPSA) is 53.1 Å². The smallest absolute Gasteiger partial charge is 0.277 e. The maximum atomic E-state index is 13.3. The van der Waals surface area contributed by atoms with Crippen LogP contribution in [0.3, 0.4) is 0 Å². The first-order valence-electron chi connectivity index (χ1n) is 11.3. The van der Waals surface area contributed by atoms with E-state index in [-0.39, 0.29) is 11.8 Å². The van der Waals surface area contributed by atoms with E-state index in [1.54, 1.807) is 7.11 Å². The number of methoxy groups -OCH3 is 1. The molecule has 32 heavy (non-hydrogen) atoms. The maximum Gasteiger partial charge on any atom is 0.277 e. The molecule has 1 saturated heterocycles. The fourth-order valence-corrected chi connectivity index (χ4v) is 4.55. The number of benzene rings is 2. The van der Waals surface area contributed by atoms with Crippen LogP contribution in [0.5, 0.6) is 5.75 Å². The zero-order valence-corrected chi connectivity index (χ0v) is 19.4. The number of hydrogen-bond acceptors (Lipinski definition) is 5. The van der Waals surface area contributed by atoms with Crippen molar-refractivity contribution in [2.45, 2.75) is 27.2 Å². The van der Waals surface area contributed by atoms with Gasteiger partial charge in [-0.1, -0.05) is 31.2 Å². The van der Waals surface area contributed by atoms with Crippen molar-refractivity contribution in [3.05, 3.63) is 64.9 Å². The van der Waals surface area contributed by atoms with Crippen molar-refractivity contribution >= 4 is 23.1 Å². The summed E-state index contributed by atoms with van der Waals surface area (Å²) in [5, 5.41) is 0. The number of hydrogen-bond donors (Lipinski definition) is 0. The number of carbonyl (C=O) groups excluding carboxylic acids is 2. The van der Waals surface area contributed by atoms with Gasteiger partial charge in [-0.25, -0.2) is 0 Å². The van der Waals surface area contributed by atoms with E-state index in [0.29, 0.717) is 30.9 Å². The van der Waals surface area contributed by atoms with E-state index in [2.05, 4.69) is 41.8 Å². The minimum absolute atomic E-state index is 0.178. The van der Waals surface area contributed by atoms with Gasteiger partial charge in [-0.2, -0.15) is 0 Å². The summed E-state index contributed by atoms with van der Waals surface area (Å²) in [6, 6.07) is 13.8. The second-order valence-electron chi connectivity index (χ2n) is 8.41. The van der Waals surface area contributed by atoms with E-state index in [9.17, 15) is 9.59 Å². The van der Waals surface area contributed by atoms with Gasteiger partial charge in [-0.15, -0.1) is 0 Å². The lowest BCUT2D eigenvalue weighted by Gasteiger charge is -2.38. The maximum absolute atomic E-state index is 13.3. The average molecular weight is 434 g/mol. The van der Waals surface area contributed by atoms with E-state index >= 15 is 0 Å². The predicted octanol–water partition coefficient (Wildman–Crippen LogP) is 3.62. The lowest BCUT2D eigenvalue weighted by molar-refractivity contribution is -0.137. The predicted molar refractivity (Wildman–Crippen MR) is 127 cm³/mol. The van der Waals surface area contributed by atoms with E-state index in [1.807, 2.05) is 31.2 Å². The van der Waals surface area contributed by atoms with E-state index in [0.717, 1.165) is 30.8 Å². The highest BCUT2D eigenvalue weighted by Gasteiger charge is 2.41. The standard InChI is InChI=1S/C26H31N3O3/c1-5-13-29-25(30)23(20-9-11-21(32-4)12-10-20)24(26(29)31)28-16-14-27(15-17-28)22-8-6-7-18(2)19(22)3/h6-12H,5,13-17H2,1-4H3. The summed E-state index contributed by atoms with van der Waals surface area (Å²) in [6.45, 7) is 9.70. The van der Waals surface area contributed by atoms with Gasteiger partial charge < -0.3 is 14.5 Å². The van der Waals surface area contributed by atoms with Gasteiger partial charge in [0, 0.05) is 38.4 Å². The molecule has 0 N–H and O–H groups in total. The van der Waals surface area contributed by atoms with Crippen LogP contribution in [-0.2, 0) is 9.59 Å². The van der Waals surface area contributed by atoms with Crippen LogP contribution >= 0.6 is 0 Å². The van der Waals surface area contributed by atoms with Gasteiger partial charge in [-0.05, 0) is 55.2 Å². The SMILES string of the molecule is CCCN1C(=O)C(c2ccc(OC)cc2)=C(N2CCN(c3cccc(C)c3C)CC2)C1=O. The molecule has 2 aliphatic rings. The van der Waals surface area contributed by atoms with Gasteiger partial charge in [0.2, 0.25) is 0 Å². The Morgan fingerprint density at radius 1 is 0.875 bits per heavy atom. The van der Waals surface area contributed by atoms with Crippen LogP contribution in [-0.4, -0.2) is 61.4 Å². The summed E-state index contributed by atoms with van der Waals surface area (Å²) in [5.41, 5.74) is 5.62. The monoisotopic (exact) mass is 433 g/mol. The molecule has 0 saturated carbocycles. The summed E-state index contributed by atoms with van der Waals surface area (Å²) in [5.74, 6) is 0.344. The number of aryl methyl sites for hydroxylation is 1. The van der Waals surface area contributed by atoms with Crippen LogP contribution < -0.4 is 9.64 Å². The zero-order valence-electron chi connectivity index (χ0n) is 19.4. The van der Waals surface area contributed by atoms with Gasteiger partial charge >= 0.3 is 0 Å². The summed E-state index contributed by atoms with van der Waals surface area (Å²) in [4.78, 5) is 32.5. The highest BCUT2D eigenvalue weighted by molar-refractivity contribution is 6.35. The third-order valence-corrected chi connectivity index (χ3v) is 6.48. The van der Waals surface area contributed by atoms with Crippen LogP contribution in [0.2, 0.25) is 0 Å². The Bertz CT molecular complexity index is 1050. The molecule has 2 aromatic rings. The van der Waals surface area contributed by atoms with Crippen LogP contribution in [0.1, 0.15) is 30.0 Å². The summed E-state index contributed by atoms with van der Waals surface area (Å²) < 4.78 is 5.26. The molecule has 6 heteroatoms. The summed E-state index contributed by atoms with van der Waals surface area (Å²) in [6.07, 6.45) is 0.737. The van der Waals surface area contributed by atoms with Gasteiger partial charge in [0.15, 0.2) is 0 Å². The van der Waals surface area contributed by atoms with Crippen LogP contribution in [0.15, 0.2) is 48.2 Å². The molecule has 0 spiro atoms. The van der Waals surface area contributed by atoms with Crippen molar-refractivity contribution in [3.63, 3.8) is 0 Å². The molecule has 0 bridgehead atoms. The van der Waals surface area contributed by atoms with E-state index < -0.39 is 0 Å². The lowest BCUT2D eigenvalue weighted by Crippen LogP contribution is -2.48. The Morgan fingerprint density at radius 2 is 1.53 bits per heavy atom. The molecule has 2 aliphatic heterocycles. The number of carbonyl (C=O) groups is 2. The first-order valence-corrected chi connectivity index (χ1v) is 11.3. The van der Waals surface area contributed by atoms with Crippen LogP contribution in [0, 0.1) is 13.8 Å². The molecule has 2 amide bonds. The number of ether oxygens (including phenoxy) is 1. The molecule has 168 valence electrons. The molecule has 1 fully saturated rings. The number of piperazine rings is 1. The van der Waals surface area contributed by atoms with Crippen molar-refractivity contribution in [2.24, 2.45) is 0 Å². The second kappa shape index (κ2) is 9.07. The fraction of sp³-hybridized carbons (Fsp3) is 0.385. The first-order chi connectivity index (χ1) is 15.5. The number of amides is 2. The number of nitrogens with zero attached hydrogens (tertiary/aromatic N) is 3. The number of anilines is 1. The normalized spacial score (nSPS) is 16.9. The summed E-state index contributed by atoms with van der Waals surface area (Å²) >= 11 is 0. The van der Waals surface area contributed by atoms with E-state index in [1.165, 1.54) is 21.7 Å². The molecule has 0 unspecified atom stereocenters. The molecule has 6 nitrogen and oxygen atoms in total. The minimum atomic E-state index is -0.200. The van der Waals surface area contributed by atoms with Crippen LogP contribution in [0.4, 0.5) is 5.69 Å². The van der Waals surface area contributed by atoms with Crippen molar-refractivity contribution in [1.82, 2.24) is 9.80 Å². The highest BCUT2D eigenvalue weighted by atomic mass is 16.5. The molecule has 0 aromatic heterocycles. The number of imide groups is 1. The molecule has 0 atom stereocenters. The van der Waals surface area contributed by atoms with Gasteiger partial charge in [-0.3, -0.25) is 14.5 Å². The van der Waals surface area contributed by atoms with E-state index in [4.69, 9.17) is 4.74 Å². The van der Waals surface area contributed by atoms with Crippen molar-refractivity contribution < 1.29 is 14.3 Å². The Labute approximate surface area is 190 Å².